The SMILES string of the molecule is CS(=O)(=O)N1CCCC1c1nnc2n1CCCCC2. The number of aromatic nitrogens is 3. The van der Waals surface area contributed by atoms with Gasteiger partial charge in [0.2, 0.25) is 10.0 Å². The van der Waals surface area contributed by atoms with Gasteiger partial charge in [0.1, 0.15) is 5.82 Å². The van der Waals surface area contributed by atoms with Gasteiger partial charge in [0.05, 0.1) is 12.3 Å². The Balaban J connectivity index is 1.96. The minimum Gasteiger partial charge on any atom is -0.314 e. The molecule has 0 aliphatic carbocycles. The number of aryl methyl sites for hydroxylation is 1. The average Bonchev–Trinajstić information content (AvgIpc) is 2.90. The molecule has 3 rings (SSSR count). The van der Waals surface area contributed by atoms with Crippen molar-refractivity contribution in [2.45, 2.75) is 51.1 Å². The third-order valence-corrected chi connectivity index (χ3v) is 5.35. The van der Waals surface area contributed by atoms with Crippen molar-refractivity contribution in [3.8, 4) is 0 Å². The lowest BCUT2D eigenvalue weighted by molar-refractivity contribution is 0.373. The zero-order valence-electron chi connectivity index (χ0n) is 11.2. The largest absolute Gasteiger partial charge is 0.314 e. The second-order valence-corrected chi connectivity index (χ2v) is 7.40. The summed E-state index contributed by atoms with van der Waals surface area (Å²) in [5.74, 6) is 1.87. The van der Waals surface area contributed by atoms with Crippen LogP contribution in [-0.4, -0.2) is 40.3 Å². The molecule has 0 aromatic carbocycles. The van der Waals surface area contributed by atoms with Crippen molar-refractivity contribution in [3.63, 3.8) is 0 Å². The first kappa shape index (κ1) is 13.1. The fourth-order valence-corrected chi connectivity index (χ4v) is 4.27. The van der Waals surface area contributed by atoms with Crippen LogP contribution in [0.3, 0.4) is 0 Å². The van der Waals surface area contributed by atoms with E-state index in [4.69, 9.17) is 0 Å². The molecule has 1 aromatic rings. The van der Waals surface area contributed by atoms with Crippen molar-refractivity contribution in [1.82, 2.24) is 19.1 Å². The number of hydrogen-bond donors (Lipinski definition) is 0. The third-order valence-electron chi connectivity index (χ3n) is 4.07. The Morgan fingerprint density at radius 3 is 2.74 bits per heavy atom. The zero-order chi connectivity index (χ0) is 13.5. The summed E-state index contributed by atoms with van der Waals surface area (Å²) in [6.45, 7) is 1.53. The highest BCUT2D eigenvalue weighted by Gasteiger charge is 2.36. The number of fused-ring (bicyclic) bond motifs is 1. The van der Waals surface area contributed by atoms with Gasteiger partial charge in [-0.15, -0.1) is 10.2 Å². The second kappa shape index (κ2) is 4.86. The van der Waals surface area contributed by atoms with Crippen LogP contribution >= 0.6 is 0 Å². The van der Waals surface area contributed by atoms with E-state index in [2.05, 4.69) is 14.8 Å². The van der Waals surface area contributed by atoms with E-state index in [1.807, 2.05) is 0 Å². The lowest BCUT2D eigenvalue weighted by atomic mass is 10.2. The maximum Gasteiger partial charge on any atom is 0.211 e. The van der Waals surface area contributed by atoms with Gasteiger partial charge in [-0.1, -0.05) is 6.42 Å². The summed E-state index contributed by atoms with van der Waals surface area (Å²) in [6, 6.07) is -0.116. The quantitative estimate of drug-likeness (QED) is 0.815. The normalized spacial score (nSPS) is 25.2. The van der Waals surface area contributed by atoms with Gasteiger partial charge >= 0.3 is 0 Å². The van der Waals surface area contributed by atoms with Crippen LogP contribution in [0.25, 0.3) is 0 Å². The number of sulfonamides is 1. The average molecular weight is 284 g/mol. The Bertz CT molecular complexity index is 566. The molecule has 1 unspecified atom stereocenters. The summed E-state index contributed by atoms with van der Waals surface area (Å²) in [7, 11) is -3.16. The predicted octanol–water partition coefficient (Wildman–Crippen LogP) is 1.10. The number of rotatable bonds is 2. The topological polar surface area (TPSA) is 68.1 Å². The molecular weight excluding hydrogens is 264 g/mol. The third kappa shape index (κ3) is 2.41. The molecule has 1 atom stereocenters. The van der Waals surface area contributed by atoms with Crippen LogP contribution in [0, 0.1) is 0 Å². The Kier molecular flexibility index (Phi) is 3.34. The maximum atomic E-state index is 11.8. The van der Waals surface area contributed by atoms with Crippen molar-refractivity contribution in [1.29, 1.82) is 0 Å². The molecule has 0 saturated carbocycles. The maximum absolute atomic E-state index is 11.8. The van der Waals surface area contributed by atoms with Gasteiger partial charge in [-0.3, -0.25) is 0 Å². The molecule has 6 nitrogen and oxygen atoms in total. The highest BCUT2D eigenvalue weighted by Crippen LogP contribution is 2.33. The van der Waals surface area contributed by atoms with Gasteiger partial charge in [-0.2, -0.15) is 4.31 Å². The summed E-state index contributed by atoms with van der Waals surface area (Å²) in [4.78, 5) is 0. The summed E-state index contributed by atoms with van der Waals surface area (Å²) in [5, 5.41) is 8.56. The predicted molar refractivity (Wildman–Crippen MR) is 71.1 cm³/mol. The van der Waals surface area contributed by atoms with Crippen LogP contribution in [0.5, 0.6) is 0 Å². The number of nitrogens with zero attached hydrogens (tertiary/aromatic N) is 4. The lowest BCUT2D eigenvalue weighted by Crippen LogP contribution is -2.31. The van der Waals surface area contributed by atoms with Crippen molar-refractivity contribution in [3.05, 3.63) is 11.6 Å². The number of hydrogen-bond acceptors (Lipinski definition) is 4. The van der Waals surface area contributed by atoms with Gasteiger partial charge in [0.25, 0.3) is 0 Å². The minimum absolute atomic E-state index is 0.116. The fourth-order valence-electron chi connectivity index (χ4n) is 3.15. The first-order chi connectivity index (χ1) is 9.07. The van der Waals surface area contributed by atoms with Crippen molar-refractivity contribution < 1.29 is 8.42 Å². The fraction of sp³-hybridized carbons (Fsp3) is 0.833. The molecule has 3 heterocycles. The Hall–Kier alpha value is -0.950. The van der Waals surface area contributed by atoms with E-state index in [1.165, 1.54) is 12.7 Å². The smallest absolute Gasteiger partial charge is 0.211 e. The molecule has 2 aliphatic heterocycles. The molecule has 0 spiro atoms. The van der Waals surface area contributed by atoms with Crippen molar-refractivity contribution in [2.24, 2.45) is 0 Å². The molecule has 1 saturated heterocycles. The van der Waals surface area contributed by atoms with E-state index in [9.17, 15) is 8.42 Å². The van der Waals surface area contributed by atoms with E-state index >= 15 is 0 Å². The van der Waals surface area contributed by atoms with Crippen molar-refractivity contribution >= 4 is 10.0 Å². The van der Waals surface area contributed by atoms with E-state index in [1.54, 1.807) is 4.31 Å². The molecule has 7 heteroatoms. The lowest BCUT2D eigenvalue weighted by Gasteiger charge is -2.22. The Labute approximate surface area is 113 Å². The molecule has 0 N–H and O–H groups in total. The summed E-state index contributed by atoms with van der Waals surface area (Å²) in [5.41, 5.74) is 0. The summed E-state index contributed by atoms with van der Waals surface area (Å²) < 4.78 is 27.4. The van der Waals surface area contributed by atoms with E-state index < -0.39 is 10.0 Å². The van der Waals surface area contributed by atoms with E-state index in [-0.39, 0.29) is 6.04 Å². The first-order valence-corrected chi connectivity index (χ1v) is 8.81. The van der Waals surface area contributed by atoms with E-state index in [0.29, 0.717) is 6.54 Å². The Morgan fingerprint density at radius 2 is 1.95 bits per heavy atom. The highest BCUT2D eigenvalue weighted by molar-refractivity contribution is 7.88. The molecule has 1 aromatic heterocycles. The van der Waals surface area contributed by atoms with Crippen LogP contribution in [0.2, 0.25) is 0 Å². The van der Waals surface area contributed by atoms with E-state index in [0.717, 1.165) is 50.3 Å². The molecule has 19 heavy (non-hydrogen) atoms. The van der Waals surface area contributed by atoms with Gasteiger partial charge in [-0.25, -0.2) is 8.42 Å². The summed E-state index contributed by atoms with van der Waals surface area (Å²) in [6.07, 6.45) is 7.49. The molecular formula is C12H20N4O2S. The second-order valence-electron chi connectivity index (χ2n) is 5.47. The Morgan fingerprint density at radius 1 is 1.11 bits per heavy atom. The first-order valence-electron chi connectivity index (χ1n) is 6.96. The van der Waals surface area contributed by atoms with Crippen LogP contribution in [0.4, 0.5) is 0 Å². The molecule has 0 radical (unpaired) electrons. The molecule has 2 aliphatic rings. The molecule has 106 valence electrons. The zero-order valence-corrected chi connectivity index (χ0v) is 12.1. The molecule has 1 fully saturated rings. The molecule has 0 amide bonds. The minimum atomic E-state index is -3.16. The van der Waals surface area contributed by atoms with Gasteiger partial charge < -0.3 is 4.57 Å². The van der Waals surface area contributed by atoms with Gasteiger partial charge in [-0.05, 0) is 25.7 Å². The molecule has 0 bridgehead atoms. The standard InChI is InChI=1S/C12H20N4O2S/c1-19(17,18)16-9-5-6-10(16)12-14-13-11-7-3-2-4-8-15(11)12/h10H,2-9H2,1H3. The van der Waals surface area contributed by atoms with Crippen LogP contribution in [-0.2, 0) is 23.0 Å². The van der Waals surface area contributed by atoms with Gasteiger partial charge in [0.15, 0.2) is 5.82 Å². The van der Waals surface area contributed by atoms with Crippen LogP contribution < -0.4 is 0 Å². The summed E-state index contributed by atoms with van der Waals surface area (Å²) >= 11 is 0. The van der Waals surface area contributed by atoms with Gasteiger partial charge in [0, 0.05) is 19.5 Å². The van der Waals surface area contributed by atoms with Crippen LogP contribution in [0.15, 0.2) is 0 Å². The van der Waals surface area contributed by atoms with Crippen molar-refractivity contribution in [2.75, 3.05) is 12.8 Å². The van der Waals surface area contributed by atoms with Crippen LogP contribution in [0.1, 0.15) is 49.8 Å². The monoisotopic (exact) mass is 284 g/mol. The highest BCUT2D eigenvalue weighted by atomic mass is 32.2.